The fraction of sp³-hybridized carbons (Fsp3) is 0.435. The molecule has 1 saturated heterocycles. The first-order valence-electron chi connectivity index (χ1n) is 10.6. The predicted molar refractivity (Wildman–Crippen MR) is 110 cm³/mol. The number of halogens is 4. The maximum absolute atomic E-state index is 13.3. The Morgan fingerprint density at radius 3 is 2.45 bits per heavy atom. The minimum absolute atomic E-state index is 0.0958. The molecule has 0 radical (unpaired) electrons. The summed E-state index contributed by atoms with van der Waals surface area (Å²) < 4.78 is 53.1. The van der Waals surface area contributed by atoms with Crippen molar-refractivity contribution in [3.8, 4) is 0 Å². The summed E-state index contributed by atoms with van der Waals surface area (Å²) in [6.45, 7) is 1.77. The van der Waals surface area contributed by atoms with Gasteiger partial charge in [0, 0.05) is 37.1 Å². The third-order valence-corrected chi connectivity index (χ3v) is 6.49. The van der Waals surface area contributed by atoms with E-state index >= 15 is 0 Å². The Morgan fingerprint density at radius 2 is 1.77 bits per heavy atom. The summed E-state index contributed by atoms with van der Waals surface area (Å²) in [4.78, 5) is 17.3. The zero-order valence-electron chi connectivity index (χ0n) is 16.8. The van der Waals surface area contributed by atoms with Crippen LogP contribution >= 0.6 is 0 Å². The summed E-state index contributed by atoms with van der Waals surface area (Å²) in [5, 5.41) is 3.04. The summed E-state index contributed by atoms with van der Waals surface area (Å²) in [5.74, 6) is -0.850. The lowest BCUT2D eigenvalue weighted by Gasteiger charge is -2.49. The van der Waals surface area contributed by atoms with Crippen molar-refractivity contribution in [2.75, 3.05) is 29.4 Å². The number of carbonyl (C=O) groups excluding carboxylic acids is 1. The number of amides is 1. The lowest BCUT2D eigenvalue weighted by Crippen LogP contribution is -2.61. The smallest absolute Gasteiger partial charge is 0.368 e. The SMILES string of the molecule is O=C(NC1CC1)[C@@H]1Cc2cc(C(F)(F)F)ccc2N2CCN(c3ccc(F)cc3)C[C@@H]12. The molecule has 2 aromatic rings. The van der Waals surface area contributed by atoms with E-state index in [4.69, 9.17) is 0 Å². The quantitative estimate of drug-likeness (QED) is 0.744. The Bertz CT molecular complexity index is 987. The van der Waals surface area contributed by atoms with Crippen molar-refractivity contribution >= 4 is 17.3 Å². The fourth-order valence-corrected chi connectivity index (χ4v) is 4.72. The Morgan fingerprint density at radius 1 is 1.03 bits per heavy atom. The van der Waals surface area contributed by atoms with Gasteiger partial charge in [-0.25, -0.2) is 4.39 Å². The number of rotatable bonds is 3. The van der Waals surface area contributed by atoms with E-state index in [2.05, 4.69) is 15.1 Å². The van der Waals surface area contributed by atoms with Crippen molar-refractivity contribution in [3.05, 3.63) is 59.4 Å². The van der Waals surface area contributed by atoms with Gasteiger partial charge in [0.1, 0.15) is 5.82 Å². The van der Waals surface area contributed by atoms with Crippen LogP contribution in [0.15, 0.2) is 42.5 Å². The molecule has 1 N–H and O–H groups in total. The molecule has 31 heavy (non-hydrogen) atoms. The molecular formula is C23H23F4N3O. The van der Waals surface area contributed by atoms with Crippen molar-refractivity contribution in [1.29, 1.82) is 0 Å². The molecule has 3 aliphatic rings. The molecule has 0 spiro atoms. The Balaban J connectivity index is 1.47. The molecule has 2 aliphatic heterocycles. The molecule has 0 aromatic heterocycles. The van der Waals surface area contributed by atoms with Gasteiger partial charge in [-0.3, -0.25) is 4.79 Å². The zero-order chi connectivity index (χ0) is 21.8. The van der Waals surface area contributed by atoms with Crippen molar-refractivity contribution in [1.82, 2.24) is 5.32 Å². The molecule has 2 fully saturated rings. The van der Waals surface area contributed by atoms with Gasteiger partial charge in [-0.2, -0.15) is 13.2 Å². The Labute approximate surface area is 177 Å². The predicted octanol–water partition coefficient (Wildman–Crippen LogP) is 3.99. The molecule has 1 aliphatic carbocycles. The van der Waals surface area contributed by atoms with Crippen LogP contribution in [0, 0.1) is 11.7 Å². The van der Waals surface area contributed by atoms with Crippen LogP contribution in [-0.2, 0) is 17.4 Å². The van der Waals surface area contributed by atoms with Gasteiger partial charge in [0.2, 0.25) is 5.91 Å². The number of hydrogen-bond acceptors (Lipinski definition) is 3. The minimum Gasteiger partial charge on any atom is -0.368 e. The highest BCUT2D eigenvalue weighted by molar-refractivity contribution is 5.83. The van der Waals surface area contributed by atoms with Gasteiger partial charge in [0.15, 0.2) is 0 Å². The van der Waals surface area contributed by atoms with Crippen LogP contribution in [0.25, 0.3) is 0 Å². The molecule has 8 heteroatoms. The van der Waals surface area contributed by atoms with Crippen LogP contribution in [0.3, 0.4) is 0 Å². The van der Waals surface area contributed by atoms with E-state index in [-0.39, 0.29) is 30.2 Å². The largest absolute Gasteiger partial charge is 0.416 e. The lowest BCUT2D eigenvalue weighted by molar-refractivity contribution is -0.137. The van der Waals surface area contributed by atoms with E-state index in [1.165, 1.54) is 24.3 Å². The minimum atomic E-state index is -4.42. The maximum atomic E-state index is 13.3. The molecule has 0 bridgehead atoms. The van der Waals surface area contributed by atoms with Crippen molar-refractivity contribution in [2.24, 2.45) is 5.92 Å². The monoisotopic (exact) mass is 433 g/mol. The number of hydrogen-bond donors (Lipinski definition) is 1. The first-order chi connectivity index (χ1) is 14.8. The van der Waals surface area contributed by atoms with Crippen molar-refractivity contribution in [2.45, 2.75) is 37.5 Å². The van der Waals surface area contributed by atoms with Crippen molar-refractivity contribution < 1.29 is 22.4 Å². The topological polar surface area (TPSA) is 35.6 Å². The second-order valence-electron chi connectivity index (χ2n) is 8.62. The standard InChI is InChI=1S/C23H23F4N3O/c24-16-2-6-18(7-3-16)29-9-10-30-20-8-1-15(23(25,26)27)11-14(20)12-19(21(30)13-29)22(31)28-17-4-5-17/h1-3,6-8,11,17,19,21H,4-5,9-10,12-13H2,(H,28,31)/t19-,21+/m1/s1. The molecule has 2 atom stereocenters. The second-order valence-corrected chi connectivity index (χ2v) is 8.62. The molecule has 2 heterocycles. The van der Waals surface area contributed by atoms with Crippen LogP contribution < -0.4 is 15.1 Å². The van der Waals surface area contributed by atoms with Crippen LogP contribution in [-0.4, -0.2) is 37.6 Å². The number of nitrogens with zero attached hydrogens (tertiary/aromatic N) is 2. The number of benzene rings is 2. The summed E-state index contributed by atoms with van der Waals surface area (Å²) in [5.41, 5.74) is 1.53. The van der Waals surface area contributed by atoms with E-state index in [1.807, 2.05) is 0 Å². The highest BCUT2D eigenvalue weighted by atomic mass is 19.4. The van der Waals surface area contributed by atoms with Crippen LogP contribution in [0.5, 0.6) is 0 Å². The average molecular weight is 433 g/mol. The number of alkyl halides is 3. The lowest BCUT2D eigenvalue weighted by atomic mass is 9.82. The normalized spacial score (nSPS) is 23.2. The molecular weight excluding hydrogens is 410 g/mol. The van der Waals surface area contributed by atoms with Crippen LogP contribution in [0.4, 0.5) is 28.9 Å². The Kier molecular flexibility index (Phi) is 4.83. The van der Waals surface area contributed by atoms with Crippen molar-refractivity contribution in [3.63, 3.8) is 0 Å². The molecule has 0 unspecified atom stereocenters. The van der Waals surface area contributed by atoms with Gasteiger partial charge in [0.05, 0.1) is 17.5 Å². The molecule has 5 rings (SSSR count). The number of fused-ring (bicyclic) bond motifs is 3. The summed E-state index contributed by atoms with van der Waals surface area (Å²) in [6.07, 6.45) is -2.25. The maximum Gasteiger partial charge on any atom is 0.416 e. The third kappa shape index (κ3) is 3.95. The van der Waals surface area contributed by atoms with Gasteiger partial charge in [-0.1, -0.05) is 0 Å². The van der Waals surface area contributed by atoms with E-state index in [1.54, 1.807) is 12.1 Å². The van der Waals surface area contributed by atoms with Gasteiger partial charge < -0.3 is 15.1 Å². The Hall–Kier alpha value is -2.77. The van der Waals surface area contributed by atoms with E-state index < -0.39 is 17.7 Å². The molecule has 1 saturated carbocycles. The van der Waals surface area contributed by atoms with Crippen LogP contribution in [0.1, 0.15) is 24.0 Å². The van der Waals surface area contributed by atoms with E-state index in [9.17, 15) is 22.4 Å². The molecule has 1 amide bonds. The second kappa shape index (κ2) is 7.43. The van der Waals surface area contributed by atoms with Gasteiger partial charge in [-0.15, -0.1) is 0 Å². The molecule has 2 aromatic carbocycles. The summed E-state index contributed by atoms with van der Waals surface area (Å²) in [7, 11) is 0. The first kappa shape index (κ1) is 20.2. The van der Waals surface area contributed by atoms with Crippen LogP contribution in [0.2, 0.25) is 0 Å². The number of piperazine rings is 1. The fourth-order valence-electron chi connectivity index (χ4n) is 4.72. The average Bonchev–Trinajstić information content (AvgIpc) is 3.56. The molecule has 164 valence electrons. The highest BCUT2D eigenvalue weighted by Crippen LogP contribution is 2.40. The highest BCUT2D eigenvalue weighted by Gasteiger charge is 2.43. The summed E-state index contributed by atoms with van der Waals surface area (Å²) in [6, 6.07) is 10.1. The van der Waals surface area contributed by atoms with Gasteiger partial charge >= 0.3 is 6.18 Å². The first-order valence-corrected chi connectivity index (χ1v) is 10.6. The molecule has 4 nitrogen and oxygen atoms in total. The van der Waals surface area contributed by atoms with E-state index in [0.29, 0.717) is 25.2 Å². The van der Waals surface area contributed by atoms with E-state index in [0.717, 1.165) is 30.3 Å². The van der Waals surface area contributed by atoms with Gasteiger partial charge in [0.25, 0.3) is 0 Å². The zero-order valence-corrected chi connectivity index (χ0v) is 16.8. The summed E-state index contributed by atoms with van der Waals surface area (Å²) >= 11 is 0. The van der Waals surface area contributed by atoms with Gasteiger partial charge in [-0.05, 0) is 67.3 Å². The number of nitrogens with one attached hydrogen (secondary N) is 1. The number of anilines is 2. The third-order valence-electron chi connectivity index (χ3n) is 6.49. The number of carbonyl (C=O) groups is 1.